The third kappa shape index (κ3) is 3.22. The van der Waals surface area contributed by atoms with Crippen molar-refractivity contribution in [2.24, 2.45) is 0 Å². The minimum absolute atomic E-state index is 0.0848. The lowest BCUT2D eigenvalue weighted by Gasteiger charge is -2.06. The first-order valence-corrected chi connectivity index (χ1v) is 5.19. The van der Waals surface area contributed by atoms with Gasteiger partial charge >= 0.3 is 0 Å². The second kappa shape index (κ2) is 5.36. The van der Waals surface area contributed by atoms with Crippen LogP contribution in [0.5, 0.6) is 5.75 Å². The van der Waals surface area contributed by atoms with E-state index in [9.17, 15) is 9.50 Å². The van der Waals surface area contributed by atoms with Crippen LogP contribution in [0.1, 0.15) is 11.3 Å². The molecule has 0 fully saturated rings. The Morgan fingerprint density at radius 3 is 2.88 bits per heavy atom. The summed E-state index contributed by atoms with van der Waals surface area (Å²) < 4.78 is 12.9. The van der Waals surface area contributed by atoms with E-state index in [-0.39, 0.29) is 11.6 Å². The zero-order valence-corrected chi connectivity index (χ0v) is 9.10. The summed E-state index contributed by atoms with van der Waals surface area (Å²) >= 11 is 0. The van der Waals surface area contributed by atoms with Gasteiger partial charge in [-0.1, -0.05) is 0 Å². The van der Waals surface area contributed by atoms with Crippen molar-refractivity contribution >= 4 is 0 Å². The first-order valence-electron chi connectivity index (χ1n) is 5.19. The zero-order chi connectivity index (χ0) is 12.1. The highest BCUT2D eigenvalue weighted by atomic mass is 19.1. The molecule has 5 heteroatoms. The van der Waals surface area contributed by atoms with Crippen LogP contribution in [0.25, 0.3) is 0 Å². The molecule has 0 saturated heterocycles. The lowest BCUT2D eigenvalue weighted by molar-refractivity contribution is 0.461. The molecule has 0 saturated carbocycles. The molecule has 88 valence electrons. The lowest BCUT2D eigenvalue weighted by atomic mass is 10.2. The fourth-order valence-corrected chi connectivity index (χ4v) is 1.44. The van der Waals surface area contributed by atoms with Crippen LogP contribution in [-0.4, -0.2) is 15.1 Å². The number of rotatable bonds is 4. The molecule has 1 aromatic heterocycles. The van der Waals surface area contributed by atoms with Gasteiger partial charge in [0, 0.05) is 24.8 Å². The van der Waals surface area contributed by atoms with Gasteiger partial charge in [0.15, 0.2) is 0 Å². The van der Waals surface area contributed by atoms with E-state index in [4.69, 9.17) is 0 Å². The Morgan fingerprint density at radius 1 is 1.24 bits per heavy atom. The van der Waals surface area contributed by atoms with Crippen molar-refractivity contribution in [2.45, 2.75) is 13.1 Å². The molecule has 1 heterocycles. The summed E-state index contributed by atoms with van der Waals surface area (Å²) in [4.78, 5) is 7.85. The minimum Gasteiger partial charge on any atom is -0.508 e. The number of halogens is 1. The minimum atomic E-state index is -0.360. The molecule has 1 aromatic carbocycles. The molecule has 0 atom stereocenters. The number of nitrogens with zero attached hydrogens (tertiary/aromatic N) is 2. The molecule has 2 rings (SSSR count). The van der Waals surface area contributed by atoms with E-state index in [0.717, 1.165) is 5.69 Å². The third-order valence-corrected chi connectivity index (χ3v) is 2.31. The van der Waals surface area contributed by atoms with Gasteiger partial charge in [0.25, 0.3) is 0 Å². The highest BCUT2D eigenvalue weighted by molar-refractivity contribution is 5.32. The van der Waals surface area contributed by atoms with Crippen LogP contribution in [-0.2, 0) is 13.1 Å². The van der Waals surface area contributed by atoms with Gasteiger partial charge in [0.1, 0.15) is 17.9 Å². The van der Waals surface area contributed by atoms with Crippen molar-refractivity contribution in [3.05, 3.63) is 53.9 Å². The lowest BCUT2D eigenvalue weighted by Crippen LogP contribution is -2.13. The summed E-state index contributed by atoms with van der Waals surface area (Å²) in [5.74, 6) is -0.275. The number of phenols is 1. The van der Waals surface area contributed by atoms with Gasteiger partial charge in [-0.05, 0) is 24.3 Å². The van der Waals surface area contributed by atoms with Gasteiger partial charge in [0.2, 0.25) is 0 Å². The molecule has 0 aliphatic rings. The van der Waals surface area contributed by atoms with E-state index in [2.05, 4.69) is 15.3 Å². The Morgan fingerprint density at radius 2 is 2.12 bits per heavy atom. The topological polar surface area (TPSA) is 58.0 Å². The van der Waals surface area contributed by atoms with E-state index in [1.165, 1.54) is 24.5 Å². The first-order chi connectivity index (χ1) is 8.25. The van der Waals surface area contributed by atoms with Gasteiger partial charge in [0.05, 0.1) is 5.69 Å². The number of phenolic OH excluding ortho intramolecular Hbond substituents is 1. The number of hydrogen-bond acceptors (Lipinski definition) is 4. The molecule has 2 N–H and O–H groups in total. The average Bonchev–Trinajstić information content (AvgIpc) is 2.35. The second-order valence-corrected chi connectivity index (χ2v) is 3.58. The Balaban J connectivity index is 1.92. The number of nitrogens with one attached hydrogen (secondary N) is 1. The molecule has 0 aliphatic carbocycles. The predicted molar refractivity (Wildman–Crippen MR) is 60.6 cm³/mol. The summed E-state index contributed by atoms with van der Waals surface area (Å²) in [5, 5.41) is 12.6. The van der Waals surface area contributed by atoms with Gasteiger partial charge in [-0.3, -0.25) is 0 Å². The highest BCUT2D eigenvalue weighted by Crippen LogP contribution is 2.17. The molecular formula is C12H12FN3O. The first kappa shape index (κ1) is 11.5. The smallest absolute Gasteiger partial charge is 0.123 e. The van der Waals surface area contributed by atoms with Crippen LogP contribution in [0.2, 0.25) is 0 Å². The number of benzene rings is 1. The summed E-state index contributed by atoms with van der Waals surface area (Å²) in [6.45, 7) is 0.923. The highest BCUT2D eigenvalue weighted by Gasteiger charge is 2.02. The summed E-state index contributed by atoms with van der Waals surface area (Å²) in [6, 6.07) is 5.67. The fourth-order valence-electron chi connectivity index (χ4n) is 1.44. The standard InChI is InChI=1S/C12H12FN3O/c13-10-1-2-12(17)9(5-10)6-15-7-11-3-4-14-8-16-11/h1-5,8,15,17H,6-7H2. The maximum Gasteiger partial charge on any atom is 0.123 e. The molecule has 2 aromatic rings. The number of hydrogen-bond donors (Lipinski definition) is 2. The third-order valence-electron chi connectivity index (χ3n) is 2.31. The van der Waals surface area contributed by atoms with Gasteiger partial charge in [-0.25, -0.2) is 14.4 Å². The Hall–Kier alpha value is -2.01. The van der Waals surface area contributed by atoms with Crippen LogP contribution >= 0.6 is 0 Å². The molecule has 17 heavy (non-hydrogen) atoms. The Bertz CT molecular complexity index is 490. The molecular weight excluding hydrogens is 221 g/mol. The molecule has 0 spiro atoms. The van der Waals surface area contributed by atoms with Crippen molar-refractivity contribution in [3.63, 3.8) is 0 Å². The van der Waals surface area contributed by atoms with E-state index in [0.29, 0.717) is 18.7 Å². The maximum atomic E-state index is 12.9. The van der Waals surface area contributed by atoms with E-state index < -0.39 is 0 Å². The number of aromatic hydroxyl groups is 1. The normalized spacial score (nSPS) is 10.4. The maximum absolute atomic E-state index is 12.9. The van der Waals surface area contributed by atoms with Crippen molar-refractivity contribution in [2.75, 3.05) is 0 Å². The van der Waals surface area contributed by atoms with Gasteiger partial charge in [-0.15, -0.1) is 0 Å². The van der Waals surface area contributed by atoms with Gasteiger partial charge in [-0.2, -0.15) is 0 Å². The molecule has 0 amide bonds. The van der Waals surface area contributed by atoms with Crippen LogP contribution in [0.4, 0.5) is 4.39 Å². The molecule has 0 radical (unpaired) electrons. The largest absolute Gasteiger partial charge is 0.508 e. The average molecular weight is 233 g/mol. The molecule has 0 unspecified atom stereocenters. The second-order valence-electron chi connectivity index (χ2n) is 3.58. The monoisotopic (exact) mass is 233 g/mol. The van der Waals surface area contributed by atoms with E-state index in [1.807, 2.05) is 0 Å². The summed E-state index contributed by atoms with van der Waals surface area (Å²) in [7, 11) is 0. The van der Waals surface area contributed by atoms with E-state index in [1.54, 1.807) is 12.3 Å². The van der Waals surface area contributed by atoms with Crippen molar-refractivity contribution in [1.29, 1.82) is 0 Å². The number of aromatic nitrogens is 2. The van der Waals surface area contributed by atoms with Crippen LogP contribution in [0, 0.1) is 5.82 Å². The molecule has 0 aliphatic heterocycles. The van der Waals surface area contributed by atoms with Crippen molar-refractivity contribution in [1.82, 2.24) is 15.3 Å². The van der Waals surface area contributed by atoms with Crippen molar-refractivity contribution < 1.29 is 9.50 Å². The SMILES string of the molecule is Oc1ccc(F)cc1CNCc1ccncn1. The van der Waals surface area contributed by atoms with Crippen LogP contribution in [0.15, 0.2) is 36.8 Å². The Labute approximate surface area is 98.2 Å². The fraction of sp³-hybridized carbons (Fsp3) is 0.167. The zero-order valence-electron chi connectivity index (χ0n) is 9.10. The Kier molecular flexibility index (Phi) is 3.62. The van der Waals surface area contributed by atoms with E-state index >= 15 is 0 Å². The molecule has 4 nitrogen and oxygen atoms in total. The molecule has 0 bridgehead atoms. The summed E-state index contributed by atoms with van der Waals surface area (Å²) in [5.41, 5.74) is 1.37. The summed E-state index contributed by atoms with van der Waals surface area (Å²) in [6.07, 6.45) is 3.13. The van der Waals surface area contributed by atoms with Crippen LogP contribution in [0.3, 0.4) is 0 Å². The predicted octanol–water partition coefficient (Wildman–Crippen LogP) is 1.61. The van der Waals surface area contributed by atoms with Crippen molar-refractivity contribution in [3.8, 4) is 5.75 Å². The quantitative estimate of drug-likeness (QED) is 0.842. The van der Waals surface area contributed by atoms with Crippen LogP contribution < -0.4 is 5.32 Å². The van der Waals surface area contributed by atoms with Gasteiger partial charge < -0.3 is 10.4 Å².